The van der Waals surface area contributed by atoms with Gasteiger partial charge in [0.2, 0.25) is 5.91 Å². The molecule has 1 unspecified atom stereocenters. The van der Waals surface area contributed by atoms with Gasteiger partial charge in [-0.05, 0) is 31.0 Å². The summed E-state index contributed by atoms with van der Waals surface area (Å²) in [6.07, 6.45) is 0.333. The van der Waals surface area contributed by atoms with Crippen molar-refractivity contribution in [1.82, 2.24) is 15.4 Å². The molecule has 3 rings (SSSR count). The van der Waals surface area contributed by atoms with Crippen LogP contribution in [-0.2, 0) is 9.63 Å². The Balaban J connectivity index is 1.74. The van der Waals surface area contributed by atoms with E-state index < -0.39 is 59.1 Å². The van der Waals surface area contributed by atoms with E-state index in [2.05, 4.69) is 15.8 Å². The average molecular weight is 468 g/mol. The van der Waals surface area contributed by atoms with Crippen LogP contribution in [0.4, 0.5) is 24.7 Å². The highest BCUT2D eigenvalue weighted by molar-refractivity contribution is 6.01. The van der Waals surface area contributed by atoms with Crippen molar-refractivity contribution in [1.29, 1.82) is 0 Å². The molecule has 0 saturated carbocycles. The maximum Gasteiger partial charge on any atom is 0.256 e. The minimum Gasteiger partial charge on any atom is -0.394 e. The molecule has 1 aromatic carbocycles. The number of halogens is 3. The highest BCUT2D eigenvalue weighted by atomic mass is 19.2. The zero-order valence-electron chi connectivity index (χ0n) is 17.9. The number of aryl methyl sites for hydroxylation is 2. The van der Waals surface area contributed by atoms with Crippen LogP contribution in [0.5, 0.6) is 0 Å². The van der Waals surface area contributed by atoms with Crippen molar-refractivity contribution in [2.75, 3.05) is 31.6 Å². The van der Waals surface area contributed by atoms with Crippen molar-refractivity contribution >= 4 is 23.3 Å². The molecule has 1 saturated heterocycles. The topological polar surface area (TPSA) is 124 Å². The van der Waals surface area contributed by atoms with Gasteiger partial charge in [-0.3, -0.25) is 14.4 Å². The Morgan fingerprint density at radius 2 is 1.94 bits per heavy atom. The van der Waals surface area contributed by atoms with Gasteiger partial charge in [-0.25, -0.2) is 23.6 Å². The zero-order chi connectivity index (χ0) is 24.3. The van der Waals surface area contributed by atoms with Crippen LogP contribution in [-0.4, -0.2) is 64.3 Å². The Kier molecular flexibility index (Phi) is 7.51. The first-order valence-corrected chi connectivity index (χ1v) is 10.00. The van der Waals surface area contributed by atoms with Crippen molar-refractivity contribution in [3.05, 3.63) is 52.5 Å². The fourth-order valence-electron chi connectivity index (χ4n) is 3.18. The van der Waals surface area contributed by atoms with E-state index in [-0.39, 0.29) is 25.5 Å². The summed E-state index contributed by atoms with van der Waals surface area (Å²) in [5.41, 5.74) is 2.51. The number of hydroxylamine groups is 1. The summed E-state index contributed by atoms with van der Waals surface area (Å²) in [5, 5.41) is 20.4. The lowest BCUT2D eigenvalue weighted by atomic mass is 9.97. The van der Waals surface area contributed by atoms with Crippen LogP contribution in [0.15, 0.2) is 18.3 Å². The smallest absolute Gasteiger partial charge is 0.256 e. The number of aliphatic hydroxyl groups is 2. The van der Waals surface area contributed by atoms with Crippen LogP contribution in [0.25, 0.3) is 0 Å². The number of carbonyl (C=O) groups is 2. The maximum atomic E-state index is 14.6. The number of nitrogens with zero attached hydrogens (tertiary/aromatic N) is 2. The highest BCUT2D eigenvalue weighted by Crippen LogP contribution is 2.31. The quantitative estimate of drug-likeness (QED) is 0.340. The van der Waals surface area contributed by atoms with Gasteiger partial charge < -0.3 is 20.4 Å². The van der Waals surface area contributed by atoms with Crippen LogP contribution in [0, 0.1) is 37.2 Å². The third kappa shape index (κ3) is 5.41. The molecule has 33 heavy (non-hydrogen) atoms. The van der Waals surface area contributed by atoms with Crippen molar-refractivity contribution in [2.24, 2.45) is 5.92 Å². The number of carbonyl (C=O) groups excluding carboxylic acids is 2. The summed E-state index contributed by atoms with van der Waals surface area (Å²) in [5.74, 6) is -6.69. The fraction of sp³-hybridized carbons (Fsp3) is 0.381. The lowest BCUT2D eigenvalue weighted by Crippen LogP contribution is -2.56. The van der Waals surface area contributed by atoms with Gasteiger partial charge in [0, 0.05) is 19.3 Å². The minimum atomic E-state index is -1.73. The van der Waals surface area contributed by atoms with Crippen LogP contribution in [0.3, 0.4) is 0 Å². The van der Waals surface area contributed by atoms with Gasteiger partial charge in [0.05, 0.1) is 23.8 Å². The summed E-state index contributed by atoms with van der Waals surface area (Å²) in [4.78, 5) is 34.9. The Bertz CT molecular complexity index is 1060. The fourth-order valence-corrected chi connectivity index (χ4v) is 3.18. The second kappa shape index (κ2) is 10.1. The van der Waals surface area contributed by atoms with E-state index in [4.69, 9.17) is 9.94 Å². The number of nitrogens with one attached hydrogen (secondary N) is 2. The molecule has 1 aliphatic heterocycles. The summed E-state index contributed by atoms with van der Waals surface area (Å²) in [7, 11) is 0. The second-order valence-electron chi connectivity index (χ2n) is 7.73. The number of rotatable bonds is 8. The van der Waals surface area contributed by atoms with Crippen molar-refractivity contribution in [3.8, 4) is 0 Å². The maximum absolute atomic E-state index is 14.6. The first-order chi connectivity index (χ1) is 15.6. The Morgan fingerprint density at radius 1 is 1.24 bits per heavy atom. The summed E-state index contributed by atoms with van der Waals surface area (Å²) < 4.78 is 42.5. The van der Waals surface area contributed by atoms with Gasteiger partial charge in [0.15, 0.2) is 17.5 Å². The highest BCUT2D eigenvalue weighted by Gasteiger charge is 2.38. The molecular formula is C21H23F3N4O5. The molecule has 4 N–H and O–H groups in total. The Labute approximate surface area is 187 Å². The molecule has 1 aromatic heterocycles. The molecule has 1 atom stereocenters. The van der Waals surface area contributed by atoms with Gasteiger partial charge in [0.1, 0.15) is 18.5 Å². The molecule has 178 valence electrons. The molecule has 9 nitrogen and oxygen atoms in total. The van der Waals surface area contributed by atoms with Crippen LogP contribution in [0.1, 0.15) is 21.5 Å². The predicted octanol–water partition coefficient (Wildman–Crippen LogP) is 1.33. The monoisotopic (exact) mass is 468 g/mol. The lowest BCUT2D eigenvalue weighted by molar-refractivity contribution is -0.145. The number of likely N-dealkylation sites (tertiary alicyclic amines) is 1. The van der Waals surface area contributed by atoms with Crippen LogP contribution < -0.4 is 10.8 Å². The molecule has 2 heterocycles. The van der Waals surface area contributed by atoms with Gasteiger partial charge in [-0.2, -0.15) is 0 Å². The Morgan fingerprint density at radius 3 is 2.58 bits per heavy atom. The van der Waals surface area contributed by atoms with Crippen LogP contribution in [0.2, 0.25) is 0 Å². The van der Waals surface area contributed by atoms with E-state index in [1.54, 1.807) is 19.9 Å². The van der Waals surface area contributed by atoms with Crippen molar-refractivity contribution < 1.29 is 37.8 Å². The number of benzene rings is 1. The van der Waals surface area contributed by atoms with Crippen molar-refractivity contribution in [3.63, 3.8) is 0 Å². The van der Waals surface area contributed by atoms with Gasteiger partial charge >= 0.3 is 0 Å². The molecule has 0 bridgehead atoms. The zero-order valence-corrected chi connectivity index (χ0v) is 17.9. The molecule has 1 aliphatic rings. The van der Waals surface area contributed by atoms with E-state index >= 15 is 0 Å². The molecule has 0 aliphatic carbocycles. The number of aromatic nitrogens is 1. The lowest BCUT2D eigenvalue weighted by Gasteiger charge is -2.38. The number of hydrogen-bond donors (Lipinski definition) is 4. The van der Waals surface area contributed by atoms with E-state index in [1.165, 1.54) is 11.1 Å². The van der Waals surface area contributed by atoms with Gasteiger partial charge in [-0.1, -0.05) is 6.07 Å². The van der Waals surface area contributed by atoms with E-state index in [0.717, 1.165) is 5.56 Å². The molecular weight excluding hydrogens is 445 g/mol. The second-order valence-corrected chi connectivity index (χ2v) is 7.73. The molecule has 0 spiro atoms. The van der Waals surface area contributed by atoms with E-state index in [1.807, 2.05) is 0 Å². The average Bonchev–Trinajstić information content (AvgIpc) is 2.74. The minimum absolute atomic E-state index is 0.0710. The molecule has 2 amide bonds. The number of hydrogen-bond acceptors (Lipinski definition) is 7. The van der Waals surface area contributed by atoms with Crippen LogP contribution >= 0.6 is 0 Å². The molecule has 2 aromatic rings. The largest absolute Gasteiger partial charge is 0.394 e. The molecule has 12 heteroatoms. The third-order valence-corrected chi connectivity index (χ3v) is 5.05. The van der Waals surface area contributed by atoms with E-state index in [9.17, 15) is 27.9 Å². The molecule has 1 fully saturated rings. The number of aliphatic hydroxyl groups excluding tert-OH is 2. The number of pyridine rings is 1. The first kappa shape index (κ1) is 24.4. The third-order valence-electron chi connectivity index (χ3n) is 5.05. The van der Waals surface area contributed by atoms with Crippen molar-refractivity contribution in [2.45, 2.75) is 20.0 Å². The SMILES string of the molecule is Cc1cnc(Nc2c(C(=O)N3CC(C(=O)NOCC(O)CO)C3)cc(F)c(F)c2F)c(C)c1. The first-order valence-electron chi connectivity index (χ1n) is 10.00. The number of anilines is 2. The number of amides is 2. The van der Waals surface area contributed by atoms with Gasteiger partial charge in [-0.15, -0.1) is 0 Å². The van der Waals surface area contributed by atoms with E-state index in [0.29, 0.717) is 11.6 Å². The standard InChI is InChI=1S/C21H23F3N4O5/c1-10-3-11(2)19(25-5-10)26-18-14(4-15(22)16(23)17(18)24)21(32)28-6-12(7-28)20(31)27-33-9-13(30)8-29/h3-5,12-13,29-30H,6-9H2,1-2H3,(H,25,26)(H,27,31). The normalized spacial score (nSPS) is 14.6. The summed E-state index contributed by atoms with van der Waals surface area (Å²) in [6, 6.07) is 2.34. The Hall–Kier alpha value is -3.22. The summed E-state index contributed by atoms with van der Waals surface area (Å²) >= 11 is 0. The summed E-state index contributed by atoms with van der Waals surface area (Å²) in [6.45, 7) is 2.47. The van der Waals surface area contributed by atoms with Gasteiger partial charge in [0.25, 0.3) is 5.91 Å². The predicted molar refractivity (Wildman–Crippen MR) is 110 cm³/mol. The molecule has 0 radical (unpaired) electrons.